The monoisotopic (exact) mass is 415 g/mol. The number of nitriles is 1. The van der Waals surface area contributed by atoms with Crippen LogP contribution in [-0.2, 0) is 16.0 Å². The molecule has 3 aromatic rings. The van der Waals surface area contributed by atoms with Gasteiger partial charge >= 0.3 is 0 Å². The van der Waals surface area contributed by atoms with Crippen molar-refractivity contribution in [3.63, 3.8) is 0 Å². The van der Waals surface area contributed by atoms with Gasteiger partial charge in [-0.3, -0.25) is 9.59 Å². The number of benzene rings is 2. The summed E-state index contributed by atoms with van der Waals surface area (Å²) < 4.78 is 14.3. The molecule has 8 heteroatoms. The van der Waals surface area contributed by atoms with E-state index in [0.717, 1.165) is 10.3 Å². The zero-order valence-electron chi connectivity index (χ0n) is 14.7. The Labute approximate surface area is 169 Å². The molecule has 0 aliphatic heterocycles. The van der Waals surface area contributed by atoms with Crippen LogP contribution in [0.5, 0.6) is 0 Å². The van der Waals surface area contributed by atoms with Crippen molar-refractivity contribution in [3.05, 3.63) is 52.2 Å². The Hall–Kier alpha value is -2.82. The molecule has 5 nitrogen and oxygen atoms in total. The predicted octanol–water partition coefficient (Wildman–Crippen LogP) is 4.29. The number of halogens is 2. The van der Waals surface area contributed by atoms with E-state index < -0.39 is 0 Å². The first-order chi connectivity index (χ1) is 13.5. The molecule has 1 N–H and O–H groups in total. The molecule has 0 spiro atoms. The number of thiazole rings is 1. The first kappa shape index (κ1) is 19.9. The molecule has 0 aliphatic carbocycles. The Morgan fingerprint density at radius 2 is 2.07 bits per heavy atom. The molecule has 1 aromatic heterocycles. The van der Waals surface area contributed by atoms with Crippen LogP contribution in [0.4, 0.5) is 4.39 Å². The Morgan fingerprint density at radius 3 is 2.82 bits per heavy atom. The van der Waals surface area contributed by atoms with Crippen molar-refractivity contribution in [3.8, 4) is 17.2 Å². The number of nitrogens with zero attached hydrogens (tertiary/aromatic N) is 2. The van der Waals surface area contributed by atoms with Crippen LogP contribution in [-0.4, -0.2) is 23.2 Å². The number of fused-ring (bicyclic) bond motifs is 1. The van der Waals surface area contributed by atoms with Crippen molar-refractivity contribution in [2.75, 3.05) is 6.54 Å². The fraction of sp³-hybridized carbons (Fsp3) is 0.200. The molecular weight excluding hydrogens is 401 g/mol. The van der Waals surface area contributed by atoms with Gasteiger partial charge in [0, 0.05) is 12.8 Å². The minimum absolute atomic E-state index is 0.0243. The van der Waals surface area contributed by atoms with Crippen LogP contribution in [0, 0.1) is 17.1 Å². The van der Waals surface area contributed by atoms with E-state index >= 15 is 0 Å². The number of amides is 1. The minimum atomic E-state index is -0.334. The Balaban J connectivity index is 1.73. The molecule has 0 fully saturated rings. The maximum absolute atomic E-state index is 13.5. The zero-order valence-corrected chi connectivity index (χ0v) is 16.2. The minimum Gasteiger partial charge on any atom is -0.349 e. The van der Waals surface area contributed by atoms with Crippen LogP contribution in [0.15, 0.2) is 36.4 Å². The molecule has 0 bridgehead atoms. The van der Waals surface area contributed by atoms with Gasteiger partial charge in [0.2, 0.25) is 5.91 Å². The number of hydrogen-bond acceptors (Lipinski definition) is 5. The second-order valence-electron chi connectivity index (χ2n) is 6.07. The Bertz CT molecular complexity index is 1090. The van der Waals surface area contributed by atoms with Crippen LogP contribution in [0.2, 0.25) is 5.02 Å². The molecule has 1 heterocycles. The van der Waals surface area contributed by atoms with Crippen LogP contribution in [0.3, 0.4) is 0 Å². The fourth-order valence-electron chi connectivity index (χ4n) is 2.63. The standard InChI is InChI=1S/C20H15ClFN3O2S/c21-16-8-13(12-3-1-4-14(22)7-12)9-17-20(16)25-19(28-17)10-18(27)24-11-15(26)5-2-6-23/h1,3-4,7-9H,2,5,10-11H2,(H,24,27). The molecule has 3 rings (SSSR count). The molecule has 1 amide bonds. The summed E-state index contributed by atoms with van der Waals surface area (Å²) >= 11 is 7.65. The number of carbonyl (C=O) groups excluding carboxylic acids is 2. The summed E-state index contributed by atoms with van der Waals surface area (Å²) in [5.74, 6) is -0.854. The number of Topliss-reactive ketones (excluding diaryl/α,β-unsaturated/α-hetero) is 1. The predicted molar refractivity (Wildman–Crippen MR) is 107 cm³/mol. The van der Waals surface area contributed by atoms with E-state index in [1.807, 2.05) is 12.1 Å². The largest absolute Gasteiger partial charge is 0.349 e. The molecule has 0 atom stereocenters. The number of rotatable bonds is 7. The summed E-state index contributed by atoms with van der Waals surface area (Å²) in [4.78, 5) is 28.0. The summed E-state index contributed by atoms with van der Waals surface area (Å²) in [6.07, 6.45) is 0.283. The third kappa shape index (κ3) is 4.91. The Kier molecular flexibility index (Phi) is 6.34. The van der Waals surface area contributed by atoms with E-state index in [4.69, 9.17) is 16.9 Å². The molecule has 0 saturated carbocycles. The van der Waals surface area contributed by atoms with Crippen LogP contribution in [0.25, 0.3) is 21.3 Å². The third-order valence-electron chi connectivity index (χ3n) is 3.96. The van der Waals surface area contributed by atoms with Gasteiger partial charge in [0.1, 0.15) is 16.3 Å². The van der Waals surface area contributed by atoms with Crippen molar-refractivity contribution >= 4 is 44.8 Å². The van der Waals surface area contributed by atoms with E-state index in [1.165, 1.54) is 23.5 Å². The van der Waals surface area contributed by atoms with Crippen LogP contribution < -0.4 is 5.32 Å². The highest BCUT2D eigenvalue weighted by Crippen LogP contribution is 2.34. The summed E-state index contributed by atoms with van der Waals surface area (Å²) in [7, 11) is 0. The molecule has 142 valence electrons. The first-order valence-corrected chi connectivity index (χ1v) is 9.66. The molecular formula is C20H15ClFN3O2S. The van der Waals surface area contributed by atoms with Crippen molar-refractivity contribution < 1.29 is 14.0 Å². The smallest absolute Gasteiger partial charge is 0.227 e. The van der Waals surface area contributed by atoms with Gasteiger partial charge in [-0.1, -0.05) is 23.7 Å². The van der Waals surface area contributed by atoms with Crippen molar-refractivity contribution in [2.45, 2.75) is 19.3 Å². The van der Waals surface area contributed by atoms with Gasteiger partial charge in [0.05, 0.1) is 28.8 Å². The highest BCUT2D eigenvalue weighted by molar-refractivity contribution is 7.18. The van der Waals surface area contributed by atoms with Crippen molar-refractivity contribution in [2.24, 2.45) is 0 Å². The topological polar surface area (TPSA) is 82.9 Å². The number of carbonyl (C=O) groups is 2. The van der Waals surface area contributed by atoms with E-state index in [1.54, 1.807) is 18.2 Å². The van der Waals surface area contributed by atoms with Crippen molar-refractivity contribution in [1.29, 1.82) is 5.26 Å². The van der Waals surface area contributed by atoms with Gasteiger partial charge < -0.3 is 5.32 Å². The second kappa shape index (κ2) is 8.91. The molecule has 28 heavy (non-hydrogen) atoms. The molecule has 0 unspecified atom stereocenters. The highest BCUT2D eigenvalue weighted by atomic mass is 35.5. The van der Waals surface area contributed by atoms with Crippen LogP contribution in [0.1, 0.15) is 17.8 Å². The number of nitrogens with one attached hydrogen (secondary N) is 1. The molecule has 0 radical (unpaired) electrons. The van der Waals surface area contributed by atoms with Gasteiger partial charge in [-0.15, -0.1) is 11.3 Å². The van der Waals surface area contributed by atoms with Gasteiger partial charge in [-0.05, 0) is 35.4 Å². The first-order valence-electron chi connectivity index (χ1n) is 8.46. The SMILES string of the molecule is N#CCCC(=O)CNC(=O)Cc1nc2c(Cl)cc(-c3cccc(F)c3)cc2s1. The molecule has 0 aliphatic rings. The zero-order chi connectivity index (χ0) is 20.1. The van der Waals surface area contributed by atoms with E-state index in [-0.39, 0.29) is 43.3 Å². The van der Waals surface area contributed by atoms with E-state index in [2.05, 4.69) is 10.3 Å². The highest BCUT2D eigenvalue weighted by Gasteiger charge is 2.14. The van der Waals surface area contributed by atoms with Gasteiger partial charge in [-0.2, -0.15) is 5.26 Å². The second-order valence-corrected chi connectivity index (χ2v) is 7.60. The number of aromatic nitrogens is 1. The van der Waals surface area contributed by atoms with Crippen molar-refractivity contribution in [1.82, 2.24) is 10.3 Å². The number of ketones is 1. The lowest BCUT2D eigenvalue weighted by molar-refractivity contribution is -0.124. The molecule has 0 saturated heterocycles. The Morgan fingerprint density at radius 1 is 1.25 bits per heavy atom. The quantitative estimate of drug-likeness (QED) is 0.624. The maximum atomic E-state index is 13.5. The summed E-state index contributed by atoms with van der Waals surface area (Å²) in [5.41, 5.74) is 2.05. The molecule has 2 aromatic carbocycles. The van der Waals surface area contributed by atoms with Crippen LogP contribution >= 0.6 is 22.9 Å². The maximum Gasteiger partial charge on any atom is 0.227 e. The summed E-state index contributed by atoms with van der Waals surface area (Å²) in [6, 6.07) is 11.7. The number of hydrogen-bond donors (Lipinski definition) is 1. The fourth-order valence-corrected chi connectivity index (χ4v) is 3.98. The lowest BCUT2D eigenvalue weighted by atomic mass is 10.1. The lowest BCUT2D eigenvalue weighted by Gasteiger charge is -2.03. The average Bonchev–Trinajstić information content (AvgIpc) is 3.07. The normalized spacial score (nSPS) is 10.6. The summed E-state index contributed by atoms with van der Waals surface area (Å²) in [5, 5.41) is 12.0. The van der Waals surface area contributed by atoms with Gasteiger partial charge in [0.25, 0.3) is 0 Å². The van der Waals surface area contributed by atoms with Gasteiger partial charge in [0.15, 0.2) is 5.78 Å². The van der Waals surface area contributed by atoms with E-state index in [9.17, 15) is 14.0 Å². The third-order valence-corrected chi connectivity index (χ3v) is 5.25. The van der Waals surface area contributed by atoms with Gasteiger partial charge in [-0.25, -0.2) is 9.37 Å². The van der Waals surface area contributed by atoms with E-state index in [0.29, 0.717) is 21.1 Å². The average molecular weight is 416 g/mol. The summed E-state index contributed by atoms with van der Waals surface area (Å²) in [6.45, 7) is -0.101. The lowest BCUT2D eigenvalue weighted by Crippen LogP contribution is -2.30.